The van der Waals surface area contributed by atoms with E-state index < -0.39 is 0 Å². The second-order valence-electron chi connectivity index (χ2n) is 4.02. The molecular weight excluding hydrogens is 294 g/mol. The monoisotopic (exact) mass is 309 g/mol. The Hall–Kier alpha value is -1.33. The summed E-state index contributed by atoms with van der Waals surface area (Å²) in [6.07, 6.45) is 3.75. The third kappa shape index (κ3) is 3.11. The van der Waals surface area contributed by atoms with E-state index in [0.29, 0.717) is 0 Å². The summed E-state index contributed by atoms with van der Waals surface area (Å²) in [4.78, 5) is 4.27. The number of aryl methyl sites for hydroxylation is 1. The van der Waals surface area contributed by atoms with E-state index in [4.69, 9.17) is 4.74 Å². The normalized spacial score (nSPS) is 10.6. The number of halogens is 1. The Bertz CT molecular complexity index is 525. The second-order valence-corrected chi connectivity index (χ2v) is 4.87. The van der Waals surface area contributed by atoms with Gasteiger partial charge in [0, 0.05) is 30.5 Å². The third-order valence-electron chi connectivity index (χ3n) is 2.77. The summed E-state index contributed by atoms with van der Waals surface area (Å²) < 4.78 is 8.30. The quantitative estimate of drug-likeness (QED) is 0.922. The molecule has 0 amide bonds. The van der Waals surface area contributed by atoms with E-state index in [1.165, 1.54) is 5.56 Å². The Morgan fingerprint density at radius 1 is 1.39 bits per heavy atom. The van der Waals surface area contributed by atoms with Crippen molar-refractivity contribution < 1.29 is 4.74 Å². The van der Waals surface area contributed by atoms with Crippen molar-refractivity contribution in [1.82, 2.24) is 14.9 Å². The average molecular weight is 310 g/mol. The number of benzene rings is 1. The molecule has 0 aliphatic heterocycles. The molecule has 2 rings (SSSR count). The van der Waals surface area contributed by atoms with Gasteiger partial charge in [-0.3, -0.25) is 0 Å². The van der Waals surface area contributed by atoms with E-state index in [2.05, 4.69) is 26.2 Å². The van der Waals surface area contributed by atoms with Gasteiger partial charge in [-0.05, 0) is 23.8 Å². The van der Waals surface area contributed by atoms with Crippen LogP contribution in [0.25, 0.3) is 0 Å². The maximum atomic E-state index is 5.22. The zero-order chi connectivity index (χ0) is 13.0. The predicted molar refractivity (Wildman–Crippen MR) is 74.4 cm³/mol. The predicted octanol–water partition coefficient (Wildman–Crippen LogP) is 2.48. The van der Waals surface area contributed by atoms with Crippen LogP contribution in [0.4, 0.5) is 0 Å². The Balaban J connectivity index is 1.96. The lowest BCUT2D eigenvalue weighted by atomic mass is 10.2. The third-order valence-corrected chi connectivity index (χ3v) is 3.55. The minimum atomic E-state index is 0.743. The smallest absolute Gasteiger partial charge is 0.122 e. The van der Waals surface area contributed by atoms with Crippen LogP contribution in [0.15, 0.2) is 35.1 Å². The van der Waals surface area contributed by atoms with Crippen molar-refractivity contribution in [3.63, 3.8) is 0 Å². The molecule has 1 aromatic heterocycles. The summed E-state index contributed by atoms with van der Waals surface area (Å²) in [6, 6.07) is 5.96. The summed E-state index contributed by atoms with van der Waals surface area (Å²) in [7, 11) is 3.67. The molecule has 2 aromatic rings. The molecule has 1 heterocycles. The van der Waals surface area contributed by atoms with Gasteiger partial charge in [0.15, 0.2) is 0 Å². The highest BCUT2D eigenvalue weighted by atomic mass is 79.9. The van der Waals surface area contributed by atoms with E-state index in [1.54, 1.807) is 13.3 Å². The molecule has 0 unspecified atom stereocenters. The number of ether oxygens (including phenoxy) is 1. The number of aromatic nitrogens is 2. The van der Waals surface area contributed by atoms with Gasteiger partial charge in [-0.2, -0.15) is 0 Å². The lowest BCUT2D eigenvalue weighted by molar-refractivity contribution is 0.414. The minimum absolute atomic E-state index is 0.743. The number of methoxy groups -OCH3 is 1. The number of imidazole rings is 1. The van der Waals surface area contributed by atoms with Gasteiger partial charge in [0.2, 0.25) is 0 Å². The van der Waals surface area contributed by atoms with E-state index in [1.807, 2.05) is 36.0 Å². The first-order chi connectivity index (χ1) is 8.70. The minimum Gasteiger partial charge on any atom is -0.497 e. The number of hydrogen-bond donors (Lipinski definition) is 1. The van der Waals surface area contributed by atoms with Crippen LogP contribution in [0.2, 0.25) is 0 Å². The highest BCUT2D eigenvalue weighted by molar-refractivity contribution is 9.10. The number of rotatable bonds is 5. The molecule has 0 aliphatic carbocycles. The zero-order valence-electron chi connectivity index (χ0n) is 10.5. The molecule has 1 aromatic carbocycles. The van der Waals surface area contributed by atoms with E-state index >= 15 is 0 Å². The highest BCUT2D eigenvalue weighted by Gasteiger charge is 2.03. The lowest BCUT2D eigenvalue weighted by Crippen LogP contribution is -2.16. The SMILES string of the molecule is COc1ccc(Br)c(CNCc2nccn2C)c1. The van der Waals surface area contributed by atoms with Crippen LogP contribution in [0.5, 0.6) is 5.75 Å². The first kappa shape index (κ1) is 13.1. The number of nitrogens with one attached hydrogen (secondary N) is 1. The molecule has 0 bridgehead atoms. The molecule has 4 nitrogen and oxygen atoms in total. The molecule has 96 valence electrons. The van der Waals surface area contributed by atoms with Crippen LogP contribution in [0, 0.1) is 0 Å². The first-order valence-corrected chi connectivity index (χ1v) is 6.49. The van der Waals surface area contributed by atoms with Crippen LogP contribution in [0.3, 0.4) is 0 Å². The Morgan fingerprint density at radius 3 is 2.89 bits per heavy atom. The van der Waals surface area contributed by atoms with Crippen molar-refractivity contribution in [2.45, 2.75) is 13.1 Å². The van der Waals surface area contributed by atoms with Crippen molar-refractivity contribution in [3.05, 3.63) is 46.5 Å². The number of hydrogen-bond acceptors (Lipinski definition) is 3. The molecule has 18 heavy (non-hydrogen) atoms. The average Bonchev–Trinajstić information content (AvgIpc) is 2.77. The van der Waals surface area contributed by atoms with Crippen LogP contribution >= 0.6 is 15.9 Å². The van der Waals surface area contributed by atoms with Crippen molar-refractivity contribution in [2.24, 2.45) is 7.05 Å². The van der Waals surface area contributed by atoms with E-state index in [9.17, 15) is 0 Å². The van der Waals surface area contributed by atoms with Crippen molar-refractivity contribution in [1.29, 1.82) is 0 Å². The molecule has 0 aliphatic rings. The Morgan fingerprint density at radius 2 is 2.22 bits per heavy atom. The largest absolute Gasteiger partial charge is 0.497 e. The van der Waals surface area contributed by atoms with Gasteiger partial charge in [-0.15, -0.1) is 0 Å². The van der Waals surface area contributed by atoms with Gasteiger partial charge in [-0.25, -0.2) is 4.98 Å². The fourth-order valence-electron chi connectivity index (χ4n) is 1.69. The second kappa shape index (κ2) is 6.02. The molecule has 5 heteroatoms. The summed E-state index contributed by atoms with van der Waals surface area (Å²) in [5, 5.41) is 3.37. The van der Waals surface area contributed by atoms with Crippen LogP contribution in [-0.2, 0) is 20.1 Å². The summed E-state index contributed by atoms with van der Waals surface area (Å²) in [6.45, 7) is 1.51. The van der Waals surface area contributed by atoms with E-state index in [0.717, 1.165) is 29.1 Å². The summed E-state index contributed by atoms with van der Waals surface area (Å²) >= 11 is 3.54. The Labute approximate surface area is 115 Å². The van der Waals surface area contributed by atoms with Gasteiger partial charge >= 0.3 is 0 Å². The van der Waals surface area contributed by atoms with Crippen LogP contribution in [0.1, 0.15) is 11.4 Å². The van der Waals surface area contributed by atoms with Gasteiger partial charge < -0.3 is 14.6 Å². The molecule has 0 atom stereocenters. The van der Waals surface area contributed by atoms with Gasteiger partial charge in [0.25, 0.3) is 0 Å². The zero-order valence-corrected chi connectivity index (χ0v) is 12.1. The summed E-state index contributed by atoms with van der Waals surface area (Å²) in [5.41, 5.74) is 1.17. The molecule has 0 saturated carbocycles. The van der Waals surface area contributed by atoms with E-state index in [-0.39, 0.29) is 0 Å². The molecule has 0 fully saturated rings. The van der Waals surface area contributed by atoms with Crippen LogP contribution < -0.4 is 10.1 Å². The van der Waals surface area contributed by atoms with Gasteiger partial charge in [0.05, 0.1) is 13.7 Å². The van der Waals surface area contributed by atoms with Crippen LogP contribution in [-0.4, -0.2) is 16.7 Å². The van der Waals surface area contributed by atoms with Gasteiger partial charge in [0.1, 0.15) is 11.6 Å². The molecule has 0 spiro atoms. The Kier molecular flexibility index (Phi) is 4.38. The number of nitrogens with zero attached hydrogens (tertiary/aromatic N) is 2. The summed E-state index contributed by atoms with van der Waals surface area (Å²) in [5.74, 6) is 1.89. The highest BCUT2D eigenvalue weighted by Crippen LogP contribution is 2.22. The van der Waals surface area contributed by atoms with Crippen molar-refractivity contribution in [2.75, 3.05) is 7.11 Å². The molecule has 0 saturated heterocycles. The maximum Gasteiger partial charge on any atom is 0.122 e. The maximum absolute atomic E-state index is 5.22. The molecular formula is C13H16BrN3O. The molecule has 0 radical (unpaired) electrons. The fourth-order valence-corrected chi connectivity index (χ4v) is 2.08. The fraction of sp³-hybridized carbons (Fsp3) is 0.308. The standard InChI is InChI=1S/C13H16BrN3O/c1-17-6-5-16-13(17)9-15-8-10-7-11(18-2)3-4-12(10)14/h3-7,15H,8-9H2,1-2H3. The topological polar surface area (TPSA) is 39.1 Å². The van der Waals surface area contributed by atoms with Crippen molar-refractivity contribution >= 4 is 15.9 Å². The molecule has 1 N–H and O–H groups in total. The first-order valence-electron chi connectivity index (χ1n) is 5.70. The van der Waals surface area contributed by atoms with Crippen molar-refractivity contribution in [3.8, 4) is 5.75 Å². The lowest BCUT2D eigenvalue weighted by Gasteiger charge is -2.09. The van der Waals surface area contributed by atoms with Gasteiger partial charge in [-0.1, -0.05) is 15.9 Å².